The topological polar surface area (TPSA) is 95.5 Å². The van der Waals surface area contributed by atoms with E-state index >= 15 is 0 Å². The van der Waals surface area contributed by atoms with Gasteiger partial charge >= 0.3 is 5.97 Å². The zero-order valence-corrected chi connectivity index (χ0v) is 20.1. The van der Waals surface area contributed by atoms with Crippen LogP contribution in [0.3, 0.4) is 0 Å². The molecule has 8 heteroatoms. The average Bonchev–Trinajstić information content (AvgIpc) is 2.88. The molecule has 3 aromatic carbocycles. The van der Waals surface area contributed by atoms with Gasteiger partial charge in [0.2, 0.25) is 0 Å². The Hall–Kier alpha value is -4.33. The number of amides is 1. The third-order valence-electron chi connectivity index (χ3n) is 5.03. The molecule has 1 amide bonds. The molecule has 0 fully saturated rings. The fourth-order valence-electron chi connectivity index (χ4n) is 3.06. The molecule has 0 aliphatic rings. The van der Waals surface area contributed by atoms with E-state index in [-0.39, 0.29) is 12.5 Å². The van der Waals surface area contributed by atoms with Crippen LogP contribution < -0.4 is 24.4 Å². The summed E-state index contributed by atoms with van der Waals surface area (Å²) in [6.45, 7) is 4.08. The summed E-state index contributed by atoms with van der Waals surface area (Å²) < 4.78 is 21.3. The highest BCUT2D eigenvalue weighted by molar-refractivity contribution is 5.92. The fourth-order valence-corrected chi connectivity index (χ4v) is 3.06. The largest absolute Gasteiger partial charge is 0.493 e. The summed E-state index contributed by atoms with van der Waals surface area (Å²) in [7, 11) is 3.01. The van der Waals surface area contributed by atoms with E-state index in [4.69, 9.17) is 18.9 Å². The Morgan fingerprint density at radius 3 is 2.17 bits per heavy atom. The number of hydrogen-bond acceptors (Lipinski definition) is 7. The maximum absolute atomic E-state index is 12.4. The number of nitrogens with zero attached hydrogens (tertiary/aromatic N) is 1. The molecule has 0 atom stereocenters. The quantitative estimate of drug-likeness (QED) is 0.199. The van der Waals surface area contributed by atoms with Crippen LogP contribution in [0.1, 0.15) is 41.3 Å². The number of nitrogens with one attached hydrogen (secondary N) is 1. The van der Waals surface area contributed by atoms with Gasteiger partial charge in [0.25, 0.3) is 5.91 Å². The first kappa shape index (κ1) is 25.3. The van der Waals surface area contributed by atoms with Crippen LogP contribution >= 0.6 is 0 Å². The van der Waals surface area contributed by atoms with E-state index in [1.165, 1.54) is 26.0 Å². The first-order chi connectivity index (χ1) is 16.9. The standard InChI is InChI=1S/C27H28N2O6/c1-18(2)20-7-12-22(13-8-20)34-17-26(30)29-28-16-19-5-10-23(11-6-19)35-27(31)21-9-14-24(32-3)25(15-21)33-4/h5-16,18H,17H2,1-4H3,(H,29,30). The minimum atomic E-state index is -0.529. The third-order valence-corrected chi connectivity index (χ3v) is 5.03. The van der Waals surface area contributed by atoms with Crippen molar-refractivity contribution < 1.29 is 28.5 Å². The number of methoxy groups -OCH3 is 2. The first-order valence-corrected chi connectivity index (χ1v) is 11.0. The molecule has 0 radical (unpaired) electrons. The Kier molecular flexibility index (Phi) is 8.83. The minimum absolute atomic E-state index is 0.149. The van der Waals surface area contributed by atoms with Crippen molar-refractivity contribution in [1.29, 1.82) is 0 Å². The molecule has 0 bridgehead atoms. The van der Waals surface area contributed by atoms with Crippen molar-refractivity contribution in [2.24, 2.45) is 5.10 Å². The number of carbonyl (C=O) groups excluding carboxylic acids is 2. The van der Waals surface area contributed by atoms with Crippen LogP contribution in [0.2, 0.25) is 0 Å². The fraction of sp³-hybridized carbons (Fsp3) is 0.222. The van der Waals surface area contributed by atoms with Crippen molar-refractivity contribution in [3.8, 4) is 23.0 Å². The van der Waals surface area contributed by atoms with Crippen LogP contribution in [-0.4, -0.2) is 38.9 Å². The van der Waals surface area contributed by atoms with Gasteiger partial charge < -0.3 is 18.9 Å². The highest BCUT2D eigenvalue weighted by Crippen LogP contribution is 2.28. The van der Waals surface area contributed by atoms with Crippen LogP contribution in [0.5, 0.6) is 23.0 Å². The van der Waals surface area contributed by atoms with Gasteiger partial charge in [-0.3, -0.25) is 4.79 Å². The summed E-state index contributed by atoms with van der Waals surface area (Å²) in [6, 6.07) is 19.1. The molecule has 0 aliphatic carbocycles. The van der Waals surface area contributed by atoms with Crippen molar-refractivity contribution in [2.45, 2.75) is 19.8 Å². The van der Waals surface area contributed by atoms with E-state index in [0.29, 0.717) is 40.0 Å². The van der Waals surface area contributed by atoms with Crippen molar-refractivity contribution in [3.63, 3.8) is 0 Å². The molecule has 8 nitrogen and oxygen atoms in total. The van der Waals surface area contributed by atoms with E-state index in [1.807, 2.05) is 24.3 Å². The van der Waals surface area contributed by atoms with Crippen LogP contribution in [0, 0.1) is 0 Å². The smallest absolute Gasteiger partial charge is 0.343 e. The van der Waals surface area contributed by atoms with Crippen LogP contribution in [0.4, 0.5) is 0 Å². The molecule has 0 saturated carbocycles. The summed E-state index contributed by atoms with van der Waals surface area (Å²) in [5.74, 6) is 1.46. The lowest BCUT2D eigenvalue weighted by Crippen LogP contribution is -2.24. The summed E-state index contributed by atoms with van der Waals surface area (Å²) in [5.41, 5.74) is 4.66. The SMILES string of the molecule is COc1ccc(C(=O)Oc2ccc(C=NNC(=O)COc3ccc(C(C)C)cc3)cc2)cc1OC. The van der Waals surface area contributed by atoms with Gasteiger partial charge in [-0.05, 0) is 71.6 Å². The highest BCUT2D eigenvalue weighted by Gasteiger charge is 2.13. The maximum atomic E-state index is 12.4. The molecule has 35 heavy (non-hydrogen) atoms. The molecule has 0 saturated heterocycles. The van der Waals surface area contributed by atoms with E-state index in [0.717, 1.165) is 0 Å². The molecule has 0 spiro atoms. The van der Waals surface area contributed by atoms with Gasteiger partial charge in [0.05, 0.1) is 26.0 Å². The summed E-state index contributed by atoms with van der Waals surface area (Å²) in [6.07, 6.45) is 1.48. The average molecular weight is 477 g/mol. The van der Waals surface area contributed by atoms with E-state index < -0.39 is 5.97 Å². The second-order valence-electron chi connectivity index (χ2n) is 7.83. The summed E-state index contributed by atoms with van der Waals surface area (Å²) in [5, 5.41) is 3.93. The van der Waals surface area contributed by atoms with Gasteiger partial charge in [0.15, 0.2) is 18.1 Å². The molecule has 0 aliphatic heterocycles. The molecular weight excluding hydrogens is 448 g/mol. The van der Waals surface area contributed by atoms with Gasteiger partial charge in [-0.15, -0.1) is 0 Å². The van der Waals surface area contributed by atoms with E-state index in [9.17, 15) is 9.59 Å². The summed E-state index contributed by atoms with van der Waals surface area (Å²) in [4.78, 5) is 24.4. The minimum Gasteiger partial charge on any atom is -0.493 e. The van der Waals surface area contributed by atoms with Crippen molar-refractivity contribution in [1.82, 2.24) is 5.43 Å². The van der Waals surface area contributed by atoms with Crippen LogP contribution in [-0.2, 0) is 4.79 Å². The zero-order valence-electron chi connectivity index (χ0n) is 20.1. The number of hydrogen-bond donors (Lipinski definition) is 1. The van der Waals surface area contributed by atoms with Gasteiger partial charge in [0, 0.05) is 0 Å². The molecule has 3 rings (SSSR count). The summed E-state index contributed by atoms with van der Waals surface area (Å²) >= 11 is 0. The lowest BCUT2D eigenvalue weighted by Gasteiger charge is -2.09. The Morgan fingerprint density at radius 2 is 1.54 bits per heavy atom. The lowest BCUT2D eigenvalue weighted by molar-refractivity contribution is -0.123. The van der Waals surface area contributed by atoms with Gasteiger partial charge in [-0.1, -0.05) is 26.0 Å². The molecule has 3 aromatic rings. The molecule has 1 N–H and O–H groups in total. The normalized spacial score (nSPS) is 10.8. The number of benzene rings is 3. The molecular formula is C27H28N2O6. The van der Waals surface area contributed by atoms with Crippen LogP contribution in [0.15, 0.2) is 71.8 Å². The van der Waals surface area contributed by atoms with Crippen molar-refractivity contribution >= 4 is 18.1 Å². The lowest BCUT2D eigenvalue weighted by atomic mass is 10.0. The van der Waals surface area contributed by atoms with Crippen molar-refractivity contribution in [2.75, 3.05) is 20.8 Å². The first-order valence-electron chi connectivity index (χ1n) is 11.0. The zero-order chi connectivity index (χ0) is 25.2. The van der Waals surface area contributed by atoms with Gasteiger partial charge in [0.1, 0.15) is 11.5 Å². The Morgan fingerprint density at radius 1 is 0.886 bits per heavy atom. The Balaban J connectivity index is 1.47. The van der Waals surface area contributed by atoms with Gasteiger partial charge in [-0.25, -0.2) is 10.2 Å². The number of hydrazone groups is 1. The van der Waals surface area contributed by atoms with E-state index in [2.05, 4.69) is 24.4 Å². The Labute approximate surface area is 204 Å². The predicted octanol–water partition coefficient (Wildman–Crippen LogP) is 4.58. The van der Waals surface area contributed by atoms with Gasteiger partial charge in [-0.2, -0.15) is 5.10 Å². The van der Waals surface area contributed by atoms with Crippen molar-refractivity contribution in [3.05, 3.63) is 83.4 Å². The number of rotatable bonds is 10. The molecule has 0 aromatic heterocycles. The predicted molar refractivity (Wildman–Crippen MR) is 133 cm³/mol. The van der Waals surface area contributed by atoms with Crippen LogP contribution in [0.25, 0.3) is 0 Å². The second-order valence-corrected chi connectivity index (χ2v) is 7.83. The third kappa shape index (κ3) is 7.33. The molecule has 182 valence electrons. The highest BCUT2D eigenvalue weighted by atomic mass is 16.5. The van der Waals surface area contributed by atoms with E-state index in [1.54, 1.807) is 42.5 Å². The molecule has 0 heterocycles. The second kappa shape index (κ2) is 12.2. The molecule has 0 unspecified atom stereocenters. The monoisotopic (exact) mass is 476 g/mol. The number of ether oxygens (including phenoxy) is 4. The maximum Gasteiger partial charge on any atom is 0.343 e. The number of carbonyl (C=O) groups is 2. The Bertz CT molecular complexity index is 1170. The number of esters is 1.